The van der Waals surface area contributed by atoms with E-state index in [1.54, 1.807) is 0 Å². The van der Waals surface area contributed by atoms with Crippen molar-refractivity contribution in [3.05, 3.63) is 59.6 Å². The lowest BCUT2D eigenvalue weighted by Crippen LogP contribution is -2.53. The molecular formula is C19H14F4N4O2S2. The molecule has 6 nitrogen and oxygen atoms in total. The fourth-order valence-electron chi connectivity index (χ4n) is 2.73. The Morgan fingerprint density at radius 3 is 2.48 bits per heavy atom. The van der Waals surface area contributed by atoms with Crippen LogP contribution < -0.4 is 5.32 Å². The molecule has 0 atom stereocenters. The fourth-order valence-corrected chi connectivity index (χ4v) is 3.92. The van der Waals surface area contributed by atoms with E-state index in [2.05, 4.69) is 17.0 Å². The van der Waals surface area contributed by atoms with Gasteiger partial charge >= 0.3 is 6.18 Å². The van der Waals surface area contributed by atoms with Crippen molar-refractivity contribution >= 4 is 47.0 Å². The zero-order valence-corrected chi connectivity index (χ0v) is 17.5. The third kappa shape index (κ3) is 4.69. The number of nitrogens with one attached hydrogen (secondary N) is 1. The molecule has 1 aliphatic heterocycles. The lowest BCUT2D eigenvalue weighted by molar-refractivity contribution is -0.141. The summed E-state index contributed by atoms with van der Waals surface area (Å²) in [5, 5.41) is 5.65. The highest BCUT2D eigenvalue weighted by atomic mass is 32.2. The molecule has 1 fully saturated rings. The molecule has 3 rings (SSSR count). The van der Waals surface area contributed by atoms with Crippen molar-refractivity contribution in [2.45, 2.75) is 16.1 Å². The molecule has 1 aromatic carbocycles. The Hall–Kier alpha value is -2.99. The number of amides is 2. The lowest BCUT2D eigenvalue weighted by atomic mass is 10.1. The molecule has 2 aromatic rings. The number of nitrogens with zero attached hydrogens (tertiary/aromatic N) is 3. The summed E-state index contributed by atoms with van der Waals surface area (Å²) in [7, 11) is 1.30. The van der Waals surface area contributed by atoms with Crippen LogP contribution in [0, 0.1) is 5.82 Å². The Morgan fingerprint density at radius 1 is 1.26 bits per heavy atom. The molecule has 1 aliphatic rings. The molecule has 0 radical (unpaired) electrons. The number of rotatable bonds is 5. The minimum Gasteiger partial charge on any atom is -0.298 e. The van der Waals surface area contributed by atoms with Crippen LogP contribution in [0.2, 0.25) is 0 Å². The van der Waals surface area contributed by atoms with Crippen LogP contribution in [-0.2, 0) is 22.8 Å². The number of carbonyl (C=O) groups is 2. The van der Waals surface area contributed by atoms with E-state index < -0.39 is 40.6 Å². The van der Waals surface area contributed by atoms with Crippen LogP contribution in [0.3, 0.4) is 0 Å². The number of alkyl halides is 3. The molecule has 2 heterocycles. The zero-order chi connectivity index (χ0) is 22.9. The molecular weight excluding hydrogens is 456 g/mol. The van der Waals surface area contributed by atoms with E-state index in [1.807, 2.05) is 0 Å². The van der Waals surface area contributed by atoms with Crippen LogP contribution in [0.25, 0.3) is 6.08 Å². The summed E-state index contributed by atoms with van der Waals surface area (Å²) >= 11 is 5.82. The topological polar surface area (TPSA) is 67.2 Å². The van der Waals surface area contributed by atoms with Gasteiger partial charge in [0.05, 0.1) is 0 Å². The monoisotopic (exact) mass is 470 g/mol. The quantitative estimate of drug-likeness (QED) is 0.238. The van der Waals surface area contributed by atoms with Gasteiger partial charge in [0.25, 0.3) is 11.8 Å². The van der Waals surface area contributed by atoms with E-state index in [4.69, 9.17) is 12.2 Å². The molecule has 31 heavy (non-hydrogen) atoms. The van der Waals surface area contributed by atoms with Crippen LogP contribution in [0.15, 0.2) is 52.4 Å². The first kappa shape index (κ1) is 22.7. The van der Waals surface area contributed by atoms with Gasteiger partial charge in [-0.15, -0.1) is 6.58 Å². The van der Waals surface area contributed by atoms with E-state index in [0.29, 0.717) is 4.90 Å². The maximum Gasteiger partial charge on any atom is 0.435 e. The predicted molar refractivity (Wildman–Crippen MR) is 109 cm³/mol. The summed E-state index contributed by atoms with van der Waals surface area (Å²) in [6.45, 7) is 3.45. The zero-order valence-electron chi connectivity index (χ0n) is 15.9. The van der Waals surface area contributed by atoms with Gasteiger partial charge in [0.1, 0.15) is 16.4 Å². The van der Waals surface area contributed by atoms with E-state index in [-0.39, 0.29) is 16.7 Å². The SMILES string of the molecule is C=CCN1C(=O)C(=Cc2c(C(F)(F)F)nn(C)c2Sc2ccc(F)cc2)C(=O)NC1=S. The lowest BCUT2D eigenvalue weighted by Gasteiger charge is -2.27. The van der Waals surface area contributed by atoms with Gasteiger partial charge in [-0.05, 0) is 42.6 Å². The van der Waals surface area contributed by atoms with Crippen molar-refractivity contribution in [1.82, 2.24) is 20.0 Å². The summed E-state index contributed by atoms with van der Waals surface area (Å²) in [6, 6.07) is 5.10. The van der Waals surface area contributed by atoms with E-state index in [1.165, 1.54) is 25.3 Å². The number of benzene rings is 1. The fraction of sp³-hybridized carbons (Fsp3) is 0.158. The van der Waals surface area contributed by atoms with Gasteiger partial charge in [0.2, 0.25) is 0 Å². The highest BCUT2D eigenvalue weighted by molar-refractivity contribution is 7.99. The summed E-state index contributed by atoms with van der Waals surface area (Å²) < 4.78 is 55.1. The molecule has 1 saturated heterocycles. The Balaban J connectivity index is 2.14. The molecule has 0 spiro atoms. The molecule has 1 aromatic heterocycles. The second-order valence-electron chi connectivity index (χ2n) is 6.27. The minimum absolute atomic E-state index is 0.00968. The number of hydrogen-bond donors (Lipinski definition) is 1. The summed E-state index contributed by atoms with van der Waals surface area (Å²) in [5.74, 6) is -2.29. The van der Waals surface area contributed by atoms with E-state index in [9.17, 15) is 27.2 Å². The maximum absolute atomic E-state index is 13.6. The number of thiocarbonyl (C=S) groups is 1. The highest BCUT2D eigenvalue weighted by Crippen LogP contribution is 2.39. The van der Waals surface area contributed by atoms with Crippen LogP contribution in [-0.4, -0.2) is 38.2 Å². The maximum atomic E-state index is 13.6. The normalized spacial score (nSPS) is 16.1. The number of aromatic nitrogens is 2. The Labute approximate surface area is 183 Å². The third-order valence-electron chi connectivity index (χ3n) is 4.11. The van der Waals surface area contributed by atoms with Crippen LogP contribution in [0.1, 0.15) is 11.3 Å². The number of halogens is 4. The molecule has 0 bridgehead atoms. The molecule has 162 valence electrons. The van der Waals surface area contributed by atoms with Gasteiger partial charge in [0, 0.05) is 24.1 Å². The molecule has 0 unspecified atom stereocenters. The van der Waals surface area contributed by atoms with E-state index >= 15 is 0 Å². The number of carbonyl (C=O) groups excluding carboxylic acids is 2. The van der Waals surface area contributed by atoms with Gasteiger partial charge in [-0.3, -0.25) is 24.5 Å². The molecule has 12 heteroatoms. The average Bonchev–Trinajstić information content (AvgIpc) is 3.00. The molecule has 0 saturated carbocycles. The van der Waals surface area contributed by atoms with Crippen molar-refractivity contribution in [1.29, 1.82) is 0 Å². The van der Waals surface area contributed by atoms with Crippen LogP contribution >= 0.6 is 24.0 Å². The highest BCUT2D eigenvalue weighted by Gasteiger charge is 2.40. The minimum atomic E-state index is -4.85. The second-order valence-corrected chi connectivity index (χ2v) is 7.72. The van der Waals surface area contributed by atoms with Gasteiger partial charge in [0.15, 0.2) is 10.8 Å². The summed E-state index contributed by atoms with van der Waals surface area (Å²) in [6.07, 6.45) is -2.65. The van der Waals surface area contributed by atoms with Gasteiger partial charge in [-0.25, -0.2) is 4.39 Å². The van der Waals surface area contributed by atoms with Gasteiger partial charge in [-0.2, -0.15) is 18.3 Å². The van der Waals surface area contributed by atoms with E-state index in [0.717, 1.165) is 39.6 Å². The van der Waals surface area contributed by atoms with Crippen molar-refractivity contribution in [3.63, 3.8) is 0 Å². The first-order valence-corrected chi connectivity index (χ1v) is 9.82. The van der Waals surface area contributed by atoms with Crippen LogP contribution in [0.4, 0.5) is 17.6 Å². The largest absolute Gasteiger partial charge is 0.435 e. The number of aryl methyl sites for hydroxylation is 1. The average molecular weight is 470 g/mol. The first-order valence-electron chi connectivity index (χ1n) is 8.60. The Kier molecular flexibility index (Phi) is 6.32. The van der Waals surface area contributed by atoms with Crippen LogP contribution in [0.5, 0.6) is 0 Å². The predicted octanol–water partition coefficient (Wildman–Crippen LogP) is 3.54. The Morgan fingerprint density at radius 2 is 1.90 bits per heavy atom. The molecule has 0 aliphatic carbocycles. The van der Waals surface area contributed by atoms with Crippen molar-refractivity contribution in [3.8, 4) is 0 Å². The van der Waals surface area contributed by atoms with Gasteiger partial charge < -0.3 is 0 Å². The van der Waals surface area contributed by atoms with Crippen molar-refractivity contribution < 1.29 is 27.2 Å². The smallest absolute Gasteiger partial charge is 0.298 e. The number of hydrogen-bond acceptors (Lipinski definition) is 5. The second kappa shape index (κ2) is 8.63. The van der Waals surface area contributed by atoms with Crippen molar-refractivity contribution in [2.75, 3.05) is 6.54 Å². The standard InChI is InChI=1S/C19H14F4N4O2S2/c1-3-8-27-16(29)13(15(28)24-18(27)30)9-12-14(19(21,22)23)25-26(2)17(12)31-11-6-4-10(20)5-7-11/h3-7,9H,1,8H2,2H3,(H,24,28,30). The first-order chi connectivity index (χ1) is 14.5. The van der Waals surface area contributed by atoms with Gasteiger partial charge in [-0.1, -0.05) is 17.8 Å². The molecule has 2 amide bonds. The van der Waals surface area contributed by atoms with Crippen molar-refractivity contribution in [2.24, 2.45) is 7.05 Å². The summed E-state index contributed by atoms with van der Waals surface area (Å²) in [4.78, 5) is 26.5. The Bertz CT molecular complexity index is 1110. The molecule has 1 N–H and O–H groups in total. The summed E-state index contributed by atoms with van der Waals surface area (Å²) in [5.41, 5.74) is -2.26. The third-order valence-corrected chi connectivity index (χ3v) is 5.62.